The zero-order valence-corrected chi connectivity index (χ0v) is 17.0. The van der Waals surface area contributed by atoms with Crippen LogP contribution in [0.5, 0.6) is 0 Å². The topological polar surface area (TPSA) is 128 Å². The number of fused-ring (bicyclic) bond motifs is 1. The molecule has 3 rings (SSSR count). The minimum atomic E-state index is -0.865. The summed E-state index contributed by atoms with van der Waals surface area (Å²) in [6.45, 7) is 2.97. The highest BCUT2D eigenvalue weighted by atomic mass is 19.1. The minimum Gasteiger partial charge on any atom is -0.376 e. The summed E-state index contributed by atoms with van der Waals surface area (Å²) in [5.41, 5.74) is 6.08. The fourth-order valence-corrected chi connectivity index (χ4v) is 3.76. The number of hydrogen-bond acceptors (Lipinski definition) is 5. The third kappa shape index (κ3) is 4.50. The molecule has 2 fully saturated rings. The van der Waals surface area contributed by atoms with E-state index in [1.165, 1.54) is 0 Å². The van der Waals surface area contributed by atoms with Crippen molar-refractivity contribution in [1.29, 1.82) is 5.41 Å². The first kappa shape index (κ1) is 21.5. The summed E-state index contributed by atoms with van der Waals surface area (Å²) in [5.74, 6) is -1.57. The molecule has 3 amide bonds. The van der Waals surface area contributed by atoms with Crippen molar-refractivity contribution in [3.63, 3.8) is 0 Å². The predicted molar refractivity (Wildman–Crippen MR) is 111 cm³/mol. The molecule has 30 heavy (non-hydrogen) atoms. The van der Waals surface area contributed by atoms with Crippen LogP contribution in [0.1, 0.15) is 32.3 Å². The molecular weight excluding hydrogens is 389 g/mol. The van der Waals surface area contributed by atoms with E-state index < -0.39 is 11.9 Å². The summed E-state index contributed by atoms with van der Waals surface area (Å²) in [5, 5.41) is 13.3. The van der Waals surface area contributed by atoms with Gasteiger partial charge in [-0.15, -0.1) is 0 Å². The largest absolute Gasteiger partial charge is 0.376 e. The molecule has 160 valence electrons. The summed E-state index contributed by atoms with van der Waals surface area (Å²) in [6.07, 6.45) is 1.43. The quantitative estimate of drug-likeness (QED) is 0.477. The molecule has 1 saturated heterocycles. The Labute approximate surface area is 174 Å². The molecule has 1 aliphatic heterocycles. The Kier molecular flexibility index (Phi) is 6.19. The average Bonchev–Trinajstić information content (AvgIpc) is 3.38. The normalized spacial score (nSPS) is 21.4. The van der Waals surface area contributed by atoms with Crippen molar-refractivity contribution in [3.8, 4) is 0 Å². The summed E-state index contributed by atoms with van der Waals surface area (Å²) in [6, 6.07) is 6.01. The van der Waals surface area contributed by atoms with Gasteiger partial charge in [0.1, 0.15) is 17.6 Å². The number of nitrogens with two attached hydrogens (primary N) is 1. The molecule has 2 aliphatic rings. The van der Waals surface area contributed by atoms with Crippen LogP contribution in [0.15, 0.2) is 35.7 Å². The number of carbonyl (C=O) groups excluding carboxylic acids is 3. The third-order valence-corrected chi connectivity index (χ3v) is 5.53. The first-order valence-electron chi connectivity index (χ1n) is 9.83. The second-order valence-corrected chi connectivity index (χ2v) is 7.88. The summed E-state index contributed by atoms with van der Waals surface area (Å²) in [4.78, 5) is 38.4. The van der Waals surface area contributed by atoms with Gasteiger partial charge in [-0.2, -0.15) is 0 Å². The predicted octanol–water partition coefficient (Wildman–Crippen LogP) is 1.32. The van der Waals surface area contributed by atoms with Crippen molar-refractivity contribution in [2.45, 2.75) is 38.8 Å². The molecular formula is C21H26FN5O3. The molecule has 8 nitrogen and oxygen atoms in total. The lowest BCUT2D eigenvalue weighted by molar-refractivity contribution is -0.138. The first-order valence-corrected chi connectivity index (χ1v) is 9.83. The second kappa shape index (κ2) is 8.64. The number of piperidine rings is 1. The van der Waals surface area contributed by atoms with Crippen molar-refractivity contribution in [3.05, 3.63) is 41.2 Å². The second-order valence-electron chi connectivity index (χ2n) is 7.88. The molecule has 1 aliphatic carbocycles. The zero-order chi connectivity index (χ0) is 22.0. The summed E-state index contributed by atoms with van der Waals surface area (Å²) < 4.78 is 13.7. The smallest absolute Gasteiger partial charge is 0.267 e. The lowest BCUT2D eigenvalue weighted by Crippen LogP contribution is -2.49. The molecule has 0 aromatic heterocycles. The number of carbonyl (C=O) groups is 3. The van der Waals surface area contributed by atoms with Crippen LogP contribution in [0, 0.1) is 11.3 Å². The number of rotatable bonds is 8. The van der Waals surface area contributed by atoms with Gasteiger partial charge < -0.3 is 21.3 Å². The number of likely N-dealkylation sites (tertiary alicyclic amines) is 1. The highest BCUT2D eigenvalue weighted by Gasteiger charge is 2.55. The van der Waals surface area contributed by atoms with Crippen LogP contribution in [0.3, 0.4) is 0 Å². The van der Waals surface area contributed by atoms with Gasteiger partial charge in [0.2, 0.25) is 11.8 Å². The average molecular weight is 415 g/mol. The van der Waals surface area contributed by atoms with Crippen molar-refractivity contribution in [1.82, 2.24) is 10.2 Å². The third-order valence-electron chi connectivity index (χ3n) is 5.53. The molecule has 0 spiro atoms. The number of nitrogens with zero attached hydrogens (tertiary/aromatic N) is 1. The van der Waals surface area contributed by atoms with Crippen LogP contribution in [-0.2, 0) is 14.4 Å². The van der Waals surface area contributed by atoms with E-state index >= 15 is 0 Å². The van der Waals surface area contributed by atoms with Crippen molar-refractivity contribution >= 4 is 29.1 Å². The molecule has 5 N–H and O–H groups in total. The number of benzene rings is 1. The van der Waals surface area contributed by atoms with Gasteiger partial charge >= 0.3 is 0 Å². The molecule has 1 heterocycles. The lowest BCUT2D eigenvalue weighted by Gasteiger charge is -2.27. The maximum Gasteiger partial charge on any atom is 0.267 e. The SMILES string of the molecule is CC(C)=C(F)CNC(=O)[C@@H]1C[C@H]2C[C@H]2N1C(=O)CNc1ccccc1C(=N)C(N)=O. The van der Waals surface area contributed by atoms with Gasteiger partial charge in [0.25, 0.3) is 5.91 Å². The molecule has 9 heteroatoms. The van der Waals surface area contributed by atoms with E-state index in [1.807, 2.05) is 0 Å². The fourth-order valence-electron chi connectivity index (χ4n) is 3.76. The van der Waals surface area contributed by atoms with Crippen molar-refractivity contribution < 1.29 is 18.8 Å². The minimum absolute atomic E-state index is 0.0301. The Hall–Kier alpha value is -3.23. The number of amides is 3. The maximum atomic E-state index is 13.7. The van der Waals surface area contributed by atoms with E-state index in [0.717, 1.165) is 6.42 Å². The van der Waals surface area contributed by atoms with E-state index in [1.54, 1.807) is 43.0 Å². The highest BCUT2D eigenvalue weighted by Crippen LogP contribution is 2.47. The number of halogens is 1. The Morgan fingerprint density at radius 3 is 2.57 bits per heavy atom. The van der Waals surface area contributed by atoms with Crippen LogP contribution in [0.25, 0.3) is 0 Å². The number of nitrogens with one attached hydrogen (secondary N) is 3. The molecule has 0 radical (unpaired) electrons. The molecule has 3 atom stereocenters. The van der Waals surface area contributed by atoms with E-state index in [2.05, 4.69) is 10.6 Å². The summed E-state index contributed by atoms with van der Waals surface area (Å²) in [7, 11) is 0. The standard InChI is InChI=1S/C21H26FN5O3/c1-11(2)14(22)9-26-21(30)17-8-12-7-16(12)27(17)18(28)10-25-15-6-4-3-5-13(15)19(23)20(24)29/h3-6,12,16-17,23,25H,7-10H2,1-2H3,(H2,24,29)(H,26,30)/t12-,16-,17+/m1/s1. The van der Waals surface area contributed by atoms with Gasteiger partial charge in [0.05, 0.1) is 13.1 Å². The van der Waals surface area contributed by atoms with Gasteiger partial charge in [-0.3, -0.25) is 19.8 Å². The molecule has 0 unspecified atom stereocenters. The Morgan fingerprint density at radius 1 is 1.20 bits per heavy atom. The number of anilines is 1. The lowest BCUT2D eigenvalue weighted by atomic mass is 10.1. The number of allylic oxidation sites excluding steroid dienone is 1. The van der Waals surface area contributed by atoms with Gasteiger partial charge in [0, 0.05) is 17.3 Å². The molecule has 0 bridgehead atoms. The Bertz CT molecular complexity index is 925. The van der Waals surface area contributed by atoms with Crippen LogP contribution < -0.4 is 16.4 Å². The van der Waals surface area contributed by atoms with Crippen molar-refractivity contribution in [2.24, 2.45) is 11.7 Å². The fraction of sp³-hybridized carbons (Fsp3) is 0.429. The maximum absolute atomic E-state index is 13.7. The number of hydrogen-bond donors (Lipinski definition) is 4. The first-order chi connectivity index (χ1) is 14.2. The number of primary amides is 1. The Morgan fingerprint density at radius 2 is 1.90 bits per heavy atom. The van der Waals surface area contributed by atoms with Crippen LogP contribution >= 0.6 is 0 Å². The van der Waals surface area contributed by atoms with Gasteiger partial charge in [-0.05, 0) is 44.2 Å². The van der Waals surface area contributed by atoms with Crippen LogP contribution in [0.2, 0.25) is 0 Å². The van der Waals surface area contributed by atoms with Crippen LogP contribution in [0.4, 0.5) is 10.1 Å². The number of para-hydroxylation sites is 1. The van der Waals surface area contributed by atoms with Gasteiger partial charge in [-0.1, -0.05) is 18.2 Å². The van der Waals surface area contributed by atoms with Gasteiger partial charge in [0.15, 0.2) is 0 Å². The molecule has 1 aromatic carbocycles. The molecule has 1 aromatic rings. The van der Waals surface area contributed by atoms with Crippen LogP contribution in [-0.4, -0.2) is 53.5 Å². The van der Waals surface area contributed by atoms with E-state index in [9.17, 15) is 18.8 Å². The summed E-state index contributed by atoms with van der Waals surface area (Å²) >= 11 is 0. The zero-order valence-electron chi connectivity index (χ0n) is 17.0. The Balaban J connectivity index is 1.65. The molecule has 1 saturated carbocycles. The van der Waals surface area contributed by atoms with E-state index in [0.29, 0.717) is 29.2 Å². The van der Waals surface area contributed by atoms with E-state index in [4.69, 9.17) is 11.1 Å². The van der Waals surface area contributed by atoms with Gasteiger partial charge in [-0.25, -0.2) is 4.39 Å². The van der Waals surface area contributed by atoms with E-state index in [-0.39, 0.29) is 42.5 Å². The van der Waals surface area contributed by atoms with Crippen molar-refractivity contribution in [2.75, 3.05) is 18.4 Å². The highest BCUT2D eigenvalue weighted by molar-refractivity contribution is 6.44. The monoisotopic (exact) mass is 415 g/mol.